The van der Waals surface area contributed by atoms with Crippen LogP contribution in [0.4, 0.5) is 0 Å². The van der Waals surface area contributed by atoms with Gasteiger partial charge < -0.3 is 10.1 Å². The van der Waals surface area contributed by atoms with E-state index < -0.39 is 5.54 Å². The molecule has 0 heterocycles. The fourth-order valence-electron chi connectivity index (χ4n) is 1.66. The molecule has 1 atom stereocenters. The fraction of sp³-hybridized carbons (Fsp3) is 0.923. The van der Waals surface area contributed by atoms with Crippen LogP contribution in [0.3, 0.4) is 0 Å². The summed E-state index contributed by atoms with van der Waals surface area (Å²) in [6.07, 6.45) is 4.13. The maximum absolute atomic E-state index is 11.8. The molecule has 0 saturated carbocycles. The van der Waals surface area contributed by atoms with E-state index in [2.05, 4.69) is 19.2 Å². The number of hydrogen-bond donors (Lipinski definition) is 1. The van der Waals surface area contributed by atoms with E-state index in [0.717, 1.165) is 31.6 Å². The van der Waals surface area contributed by atoms with Crippen LogP contribution in [0, 0.1) is 0 Å². The second kappa shape index (κ2) is 9.77. The highest BCUT2D eigenvalue weighted by molar-refractivity contribution is 7.99. The first-order chi connectivity index (χ1) is 8.10. The minimum atomic E-state index is -0.516. The van der Waals surface area contributed by atoms with E-state index in [1.165, 1.54) is 19.3 Å². The van der Waals surface area contributed by atoms with Crippen molar-refractivity contribution >= 4 is 17.7 Å². The molecule has 0 aliphatic heterocycles. The quantitative estimate of drug-likeness (QED) is 0.485. The molecule has 1 unspecified atom stereocenters. The molecule has 102 valence electrons. The second-order valence-corrected chi connectivity index (χ2v) is 5.69. The SMILES string of the molecule is CCCNC(C)(CCCSCCC)C(=O)OC. The summed E-state index contributed by atoms with van der Waals surface area (Å²) in [5.74, 6) is 2.18. The van der Waals surface area contributed by atoms with Crippen molar-refractivity contribution in [2.75, 3.05) is 25.2 Å². The van der Waals surface area contributed by atoms with Gasteiger partial charge in [-0.3, -0.25) is 4.79 Å². The third kappa shape index (κ3) is 6.94. The monoisotopic (exact) mass is 261 g/mol. The van der Waals surface area contributed by atoms with Crippen molar-refractivity contribution in [1.29, 1.82) is 0 Å². The molecule has 0 aliphatic rings. The van der Waals surface area contributed by atoms with E-state index in [9.17, 15) is 4.79 Å². The molecule has 0 aromatic rings. The number of thioether (sulfide) groups is 1. The lowest BCUT2D eigenvalue weighted by Crippen LogP contribution is -2.50. The lowest BCUT2D eigenvalue weighted by atomic mass is 9.96. The van der Waals surface area contributed by atoms with Crippen LogP contribution in [0.15, 0.2) is 0 Å². The Morgan fingerprint density at radius 2 is 2.00 bits per heavy atom. The molecule has 3 nitrogen and oxygen atoms in total. The maximum Gasteiger partial charge on any atom is 0.325 e. The highest BCUT2D eigenvalue weighted by atomic mass is 32.2. The Bertz CT molecular complexity index is 212. The van der Waals surface area contributed by atoms with E-state index in [1.807, 2.05) is 18.7 Å². The molecule has 0 aromatic carbocycles. The Morgan fingerprint density at radius 3 is 2.53 bits per heavy atom. The van der Waals surface area contributed by atoms with Gasteiger partial charge in [-0.05, 0) is 50.7 Å². The van der Waals surface area contributed by atoms with Crippen molar-refractivity contribution in [2.45, 2.75) is 52.0 Å². The van der Waals surface area contributed by atoms with Gasteiger partial charge in [-0.15, -0.1) is 0 Å². The van der Waals surface area contributed by atoms with Crippen LogP contribution >= 0.6 is 11.8 Å². The van der Waals surface area contributed by atoms with Crippen molar-refractivity contribution < 1.29 is 9.53 Å². The summed E-state index contributed by atoms with van der Waals surface area (Å²) >= 11 is 1.96. The predicted molar refractivity (Wildman–Crippen MR) is 75.6 cm³/mol. The number of rotatable bonds is 10. The first kappa shape index (κ1) is 16.8. The molecule has 17 heavy (non-hydrogen) atoms. The molecule has 0 aliphatic carbocycles. The molecular weight excluding hydrogens is 234 g/mol. The maximum atomic E-state index is 11.8. The predicted octanol–water partition coefficient (Wildman–Crippen LogP) is 2.84. The van der Waals surface area contributed by atoms with Gasteiger partial charge in [0.25, 0.3) is 0 Å². The molecule has 4 heteroatoms. The van der Waals surface area contributed by atoms with Crippen molar-refractivity contribution in [3.05, 3.63) is 0 Å². The van der Waals surface area contributed by atoms with Gasteiger partial charge in [0.2, 0.25) is 0 Å². The first-order valence-corrected chi connectivity index (χ1v) is 7.67. The Morgan fingerprint density at radius 1 is 1.29 bits per heavy atom. The molecule has 0 spiro atoms. The topological polar surface area (TPSA) is 38.3 Å². The Labute approximate surface area is 110 Å². The average Bonchev–Trinajstić information content (AvgIpc) is 2.35. The van der Waals surface area contributed by atoms with Crippen LogP contribution in [0.2, 0.25) is 0 Å². The van der Waals surface area contributed by atoms with E-state index in [-0.39, 0.29) is 5.97 Å². The summed E-state index contributed by atoms with van der Waals surface area (Å²) in [7, 11) is 1.46. The molecule has 0 rings (SSSR count). The van der Waals surface area contributed by atoms with Crippen molar-refractivity contribution in [1.82, 2.24) is 5.32 Å². The molecule has 0 amide bonds. The van der Waals surface area contributed by atoms with Gasteiger partial charge in [0.1, 0.15) is 5.54 Å². The zero-order valence-corrected chi connectivity index (χ0v) is 12.5. The van der Waals surface area contributed by atoms with E-state index >= 15 is 0 Å². The fourth-order valence-corrected chi connectivity index (χ4v) is 2.50. The standard InChI is InChI=1S/C13H27NO2S/c1-5-9-14-13(3,12(15)16-4)8-7-11-17-10-6-2/h14H,5-11H2,1-4H3. The van der Waals surface area contributed by atoms with Crippen molar-refractivity contribution in [3.63, 3.8) is 0 Å². The Hall–Kier alpha value is -0.220. The average molecular weight is 261 g/mol. The molecule has 0 saturated heterocycles. The summed E-state index contributed by atoms with van der Waals surface area (Å²) in [4.78, 5) is 11.8. The normalized spacial score (nSPS) is 14.4. The summed E-state index contributed by atoms with van der Waals surface area (Å²) in [6, 6.07) is 0. The zero-order chi connectivity index (χ0) is 13.1. The highest BCUT2D eigenvalue weighted by Crippen LogP contribution is 2.17. The van der Waals surface area contributed by atoms with Gasteiger partial charge in [-0.2, -0.15) is 11.8 Å². The molecule has 1 N–H and O–H groups in total. The lowest BCUT2D eigenvalue weighted by molar-refractivity contribution is -0.148. The number of hydrogen-bond acceptors (Lipinski definition) is 4. The third-order valence-electron chi connectivity index (χ3n) is 2.71. The second-order valence-electron chi connectivity index (χ2n) is 4.47. The number of ether oxygens (including phenoxy) is 1. The zero-order valence-electron chi connectivity index (χ0n) is 11.7. The van der Waals surface area contributed by atoms with Crippen molar-refractivity contribution in [3.8, 4) is 0 Å². The summed E-state index contributed by atoms with van der Waals surface area (Å²) in [5.41, 5.74) is -0.516. The third-order valence-corrected chi connectivity index (χ3v) is 3.99. The van der Waals surface area contributed by atoms with Crippen LogP contribution in [-0.4, -0.2) is 36.7 Å². The van der Waals surface area contributed by atoms with Gasteiger partial charge in [0, 0.05) is 0 Å². The number of nitrogens with one attached hydrogen (secondary N) is 1. The Balaban J connectivity index is 4.05. The van der Waals surface area contributed by atoms with Crippen LogP contribution in [0.25, 0.3) is 0 Å². The molecular formula is C13H27NO2S. The molecule has 0 bridgehead atoms. The van der Waals surface area contributed by atoms with Gasteiger partial charge in [0.15, 0.2) is 0 Å². The molecule has 0 fully saturated rings. The molecule has 0 aromatic heterocycles. The minimum Gasteiger partial charge on any atom is -0.468 e. The number of esters is 1. The van der Waals surface area contributed by atoms with Crippen LogP contribution in [0.1, 0.15) is 46.5 Å². The van der Waals surface area contributed by atoms with Gasteiger partial charge in [-0.1, -0.05) is 13.8 Å². The lowest BCUT2D eigenvalue weighted by Gasteiger charge is -2.28. The number of carbonyl (C=O) groups is 1. The summed E-state index contributed by atoms with van der Waals surface area (Å²) in [6.45, 7) is 7.09. The van der Waals surface area contributed by atoms with E-state index in [1.54, 1.807) is 0 Å². The van der Waals surface area contributed by atoms with Crippen molar-refractivity contribution in [2.24, 2.45) is 0 Å². The van der Waals surface area contributed by atoms with Gasteiger partial charge in [0.05, 0.1) is 7.11 Å². The van der Waals surface area contributed by atoms with E-state index in [4.69, 9.17) is 4.74 Å². The summed E-state index contributed by atoms with van der Waals surface area (Å²) < 4.78 is 4.88. The first-order valence-electron chi connectivity index (χ1n) is 6.52. The van der Waals surface area contributed by atoms with Crippen LogP contribution < -0.4 is 5.32 Å². The van der Waals surface area contributed by atoms with Crippen LogP contribution in [-0.2, 0) is 9.53 Å². The number of carbonyl (C=O) groups excluding carboxylic acids is 1. The smallest absolute Gasteiger partial charge is 0.325 e. The van der Waals surface area contributed by atoms with E-state index in [0.29, 0.717) is 0 Å². The van der Waals surface area contributed by atoms with Gasteiger partial charge in [-0.25, -0.2) is 0 Å². The number of methoxy groups -OCH3 is 1. The largest absolute Gasteiger partial charge is 0.468 e. The van der Waals surface area contributed by atoms with Gasteiger partial charge >= 0.3 is 5.97 Å². The highest BCUT2D eigenvalue weighted by Gasteiger charge is 2.32. The Kier molecular flexibility index (Phi) is 9.65. The minimum absolute atomic E-state index is 0.147. The molecule has 0 radical (unpaired) electrons. The van der Waals surface area contributed by atoms with Crippen LogP contribution in [0.5, 0.6) is 0 Å². The summed E-state index contributed by atoms with van der Waals surface area (Å²) in [5, 5.41) is 3.30.